The minimum absolute atomic E-state index is 0.269. The second-order valence-corrected chi connectivity index (χ2v) is 10.5. The van der Waals surface area contributed by atoms with Gasteiger partial charge < -0.3 is 15.2 Å². The zero-order valence-corrected chi connectivity index (χ0v) is 23.3. The first-order valence-corrected chi connectivity index (χ1v) is 13.6. The number of carbonyl (C=O) groups is 1. The van der Waals surface area contributed by atoms with Crippen molar-refractivity contribution in [3.8, 4) is 11.3 Å². The number of carbonyl (C=O) groups excluding carboxylic acids is 1. The number of likely N-dealkylation sites (tertiary alicyclic amines) is 1. The number of pyridine rings is 1. The summed E-state index contributed by atoms with van der Waals surface area (Å²) in [5, 5.41) is 8.74. The number of hydrogen-bond donors (Lipinski definition) is 2. The maximum absolute atomic E-state index is 12.5. The molecule has 4 rings (SSSR count). The molecule has 1 amide bonds. The van der Waals surface area contributed by atoms with Crippen LogP contribution < -0.4 is 10.8 Å². The highest BCUT2D eigenvalue weighted by atomic mass is 16.2. The van der Waals surface area contributed by atoms with Crippen molar-refractivity contribution in [1.82, 2.24) is 19.9 Å². The van der Waals surface area contributed by atoms with E-state index in [1.807, 2.05) is 11.1 Å². The van der Waals surface area contributed by atoms with Crippen LogP contribution in [0, 0.1) is 13.8 Å². The Balaban J connectivity index is 1.67. The van der Waals surface area contributed by atoms with E-state index in [1.165, 1.54) is 22.1 Å². The Morgan fingerprint density at radius 3 is 2.57 bits per heavy atom. The van der Waals surface area contributed by atoms with Crippen molar-refractivity contribution >= 4 is 23.5 Å². The zero-order valence-electron chi connectivity index (χ0n) is 23.3. The third-order valence-corrected chi connectivity index (χ3v) is 7.93. The molecule has 37 heavy (non-hydrogen) atoms. The summed E-state index contributed by atoms with van der Waals surface area (Å²) in [4.78, 5) is 22.7. The van der Waals surface area contributed by atoms with Crippen LogP contribution in [-0.4, -0.2) is 60.4 Å². The van der Waals surface area contributed by atoms with Gasteiger partial charge >= 0.3 is 0 Å². The van der Waals surface area contributed by atoms with E-state index < -0.39 is 0 Å². The first-order chi connectivity index (χ1) is 17.8. The first kappa shape index (κ1) is 26.9. The van der Waals surface area contributed by atoms with Crippen molar-refractivity contribution in [2.24, 2.45) is 10.1 Å². The number of nitrogens with one attached hydrogen (secondary N) is 2. The number of aromatic nitrogens is 2. The lowest BCUT2D eigenvalue weighted by Gasteiger charge is -2.32. The smallest absolute Gasteiger partial charge is 0.223 e. The van der Waals surface area contributed by atoms with Crippen molar-refractivity contribution in [1.29, 1.82) is 0 Å². The summed E-state index contributed by atoms with van der Waals surface area (Å²) in [6.45, 7) is 17.9. The van der Waals surface area contributed by atoms with Crippen LogP contribution in [0.25, 0.3) is 22.2 Å². The highest BCUT2D eigenvalue weighted by molar-refractivity contribution is 5.92. The summed E-state index contributed by atoms with van der Waals surface area (Å²) in [5.41, 5.74) is 9.24. The Hall–Kier alpha value is -3.19. The molecule has 0 saturated carbocycles. The lowest BCUT2D eigenvalue weighted by Crippen LogP contribution is -2.39. The number of rotatable bonds is 8. The quantitative estimate of drug-likeness (QED) is 0.333. The van der Waals surface area contributed by atoms with Crippen molar-refractivity contribution in [3.63, 3.8) is 0 Å². The molecule has 1 aliphatic rings. The molecule has 3 heterocycles. The van der Waals surface area contributed by atoms with Gasteiger partial charge in [0, 0.05) is 62.5 Å². The second-order valence-electron chi connectivity index (χ2n) is 10.5. The predicted molar refractivity (Wildman–Crippen MR) is 153 cm³/mol. The van der Waals surface area contributed by atoms with Crippen LogP contribution in [0.15, 0.2) is 34.5 Å². The van der Waals surface area contributed by atoms with Crippen molar-refractivity contribution in [3.05, 3.63) is 52.1 Å². The van der Waals surface area contributed by atoms with E-state index in [0.29, 0.717) is 18.3 Å². The summed E-state index contributed by atoms with van der Waals surface area (Å²) < 4.78 is 1.77. The molecule has 2 N–H and O–H groups in total. The van der Waals surface area contributed by atoms with Gasteiger partial charge in [0.25, 0.3) is 0 Å². The highest BCUT2D eigenvalue weighted by Gasteiger charge is 2.25. The molecular formula is C30H42N6O. The molecule has 1 saturated heterocycles. The monoisotopic (exact) mass is 502 g/mol. The molecule has 0 radical (unpaired) electrons. The SMILES string of the molecule is C=Nn1cc(-c2[nH]c3ccc(C4CCN(C(=O)CCNCC)CC4)cc3c2C(C)C)c(C)c(C)c1=NC. The highest BCUT2D eigenvalue weighted by Crippen LogP contribution is 2.39. The normalized spacial score (nSPS) is 15.2. The molecular weight excluding hydrogens is 460 g/mol. The van der Waals surface area contributed by atoms with Gasteiger partial charge in [-0.3, -0.25) is 9.79 Å². The van der Waals surface area contributed by atoms with Crippen LogP contribution in [0.1, 0.15) is 74.1 Å². The Morgan fingerprint density at radius 2 is 1.95 bits per heavy atom. The molecule has 0 aliphatic carbocycles. The van der Waals surface area contributed by atoms with Gasteiger partial charge in [-0.25, -0.2) is 4.68 Å². The minimum Gasteiger partial charge on any atom is -0.354 e. The average Bonchev–Trinajstić information content (AvgIpc) is 3.29. The number of nitrogens with zero attached hydrogens (tertiary/aromatic N) is 4. The first-order valence-electron chi connectivity index (χ1n) is 13.6. The fraction of sp³-hybridized carbons (Fsp3) is 0.500. The molecule has 3 aromatic rings. The van der Waals surface area contributed by atoms with Gasteiger partial charge in [0.15, 0.2) is 5.49 Å². The zero-order chi connectivity index (χ0) is 26.7. The standard InChI is InChI=1S/C30H42N6O/c1-8-33-14-11-27(37)35-15-12-22(13-16-35)23-9-10-26-24(17-23)28(19(2)3)29(34-26)25-18-36(32-7)30(31-6)21(5)20(25)4/h9-10,17-19,22,33-34H,7-8,11-16H2,1-6H3. The summed E-state index contributed by atoms with van der Waals surface area (Å²) in [6, 6.07) is 6.88. The molecule has 0 atom stereocenters. The van der Waals surface area contributed by atoms with Crippen molar-refractivity contribution in [2.45, 2.75) is 65.7 Å². The van der Waals surface area contributed by atoms with E-state index in [4.69, 9.17) is 0 Å². The van der Waals surface area contributed by atoms with Gasteiger partial charge in [-0.2, -0.15) is 5.10 Å². The molecule has 2 aromatic heterocycles. The van der Waals surface area contributed by atoms with E-state index in [1.54, 1.807) is 11.7 Å². The maximum Gasteiger partial charge on any atom is 0.223 e. The summed E-state index contributed by atoms with van der Waals surface area (Å²) in [7, 11) is 1.79. The number of aromatic amines is 1. The Morgan fingerprint density at radius 1 is 1.22 bits per heavy atom. The van der Waals surface area contributed by atoms with Gasteiger partial charge in [0.05, 0.1) is 5.69 Å². The minimum atomic E-state index is 0.269. The average molecular weight is 503 g/mol. The largest absolute Gasteiger partial charge is 0.354 e. The summed E-state index contributed by atoms with van der Waals surface area (Å²) in [6.07, 6.45) is 4.65. The lowest BCUT2D eigenvalue weighted by molar-refractivity contribution is -0.132. The van der Waals surface area contributed by atoms with E-state index in [-0.39, 0.29) is 5.91 Å². The maximum atomic E-state index is 12.5. The number of hydrogen-bond acceptors (Lipinski definition) is 4. The fourth-order valence-corrected chi connectivity index (χ4v) is 5.74. The number of piperidine rings is 1. The number of H-pyrrole nitrogens is 1. The predicted octanol–water partition coefficient (Wildman–Crippen LogP) is 5.08. The van der Waals surface area contributed by atoms with Crippen LogP contribution in [0.5, 0.6) is 0 Å². The van der Waals surface area contributed by atoms with Crippen molar-refractivity contribution in [2.75, 3.05) is 33.2 Å². The summed E-state index contributed by atoms with van der Waals surface area (Å²) in [5.74, 6) is 1.09. The van der Waals surface area contributed by atoms with Gasteiger partial charge in [-0.15, -0.1) is 0 Å². The van der Waals surface area contributed by atoms with E-state index in [9.17, 15) is 4.79 Å². The van der Waals surface area contributed by atoms with Gasteiger partial charge in [-0.05, 0) is 79.5 Å². The van der Waals surface area contributed by atoms with Gasteiger partial charge in [-0.1, -0.05) is 26.8 Å². The molecule has 0 unspecified atom stereocenters. The molecule has 1 aliphatic heterocycles. The van der Waals surface area contributed by atoms with Crippen LogP contribution >= 0.6 is 0 Å². The topological polar surface area (TPSA) is 77.8 Å². The third-order valence-electron chi connectivity index (χ3n) is 7.93. The summed E-state index contributed by atoms with van der Waals surface area (Å²) >= 11 is 0. The molecule has 198 valence electrons. The van der Waals surface area contributed by atoms with Crippen LogP contribution in [0.4, 0.5) is 0 Å². The molecule has 7 nitrogen and oxygen atoms in total. The van der Waals surface area contributed by atoms with Crippen LogP contribution in [0.3, 0.4) is 0 Å². The molecule has 1 fully saturated rings. The molecule has 1 aromatic carbocycles. The Kier molecular flexibility index (Phi) is 8.32. The lowest BCUT2D eigenvalue weighted by atomic mass is 9.87. The number of benzene rings is 1. The van der Waals surface area contributed by atoms with Crippen LogP contribution in [-0.2, 0) is 4.79 Å². The number of amides is 1. The Labute approximate surface area is 220 Å². The number of fused-ring (bicyclic) bond motifs is 1. The Bertz CT molecular complexity index is 1350. The van der Waals surface area contributed by atoms with E-state index in [0.717, 1.165) is 66.8 Å². The van der Waals surface area contributed by atoms with E-state index in [2.05, 4.69) is 79.9 Å². The van der Waals surface area contributed by atoms with E-state index >= 15 is 0 Å². The van der Waals surface area contributed by atoms with Crippen molar-refractivity contribution < 1.29 is 4.79 Å². The molecule has 7 heteroatoms. The fourth-order valence-electron chi connectivity index (χ4n) is 5.74. The third kappa shape index (κ3) is 5.28. The van der Waals surface area contributed by atoms with Crippen LogP contribution in [0.2, 0.25) is 0 Å². The molecule has 0 bridgehead atoms. The second kappa shape index (κ2) is 11.5. The van der Waals surface area contributed by atoms with Gasteiger partial charge in [0.1, 0.15) is 0 Å². The van der Waals surface area contributed by atoms with Gasteiger partial charge in [0.2, 0.25) is 5.91 Å². The molecule has 0 spiro atoms.